The van der Waals surface area contributed by atoms with Gasteiger partial charge in [0.1, 0.15) is 0 Å². The van der Waals surface area contributed by atoms with Crippen LogP contribution in [0.5, 0.6) is 0 Å². The molecule has 0 aromatic heterocycles. The van der Waals surface area contributed by atoms with Crippen molar-refractivity contribution in [1.82, 2.24) is 4.90 Å². The molecule has 1 fully saturated rings. The molecule has 2 nitrogen and oxygen atoms in total. The number of hydrogen-bond donors (Lipinski definition) is 0. The maximum atomic E-state index is 12.6. The fourth-order valence-electron chi connectivity index (χ4n) is 2.03. The van der Waals surface area contributed by atoms with E-state index in [1.54, 1.807) is 7.11 Å². The van der Waals surface area contributed by atoms with Crippen LogP contribution in [-0.2, 0) is 4.74 Å². The topological polar surface area (TPSA) is 12.5 Å². The van der Waals surface area contributed by atoms with E-state index < -0.39 is 0 Å². The van der Waals surface area contributed by atoms with E-state index in [1.165, 1.54) is 0 Å². The van der Waals surface area contributed by atoms with E-state index in [-0.39, 0.29) is 5.41 Å². The SMILES string of the molecule is COCC1(C)CN(C)CC/C1=C\F. The van der Waals surface area contributed by atoms with E-state index in [1.807, 2.05) is 0 Å². The van der Waals surface area contributed by atoms with Crippen molar-refractivity contribution in [2.45, 2.75) is 13.3 Å². The van der Waals surface area contributed by atoms with Crippen LogP contribution in [0.3, 0.4) is 0 Å². The molecule has 0 saturated carbocycles. The van der Waals surface area contributed by atoms with Gasteiger partial charge in [-0.05, 0) is 19.0 Å². The molecule has 0 N–H and O–H groups in total. The van der Waals surface area contributed by atoms with Crippen LogP contribution in [0.25, 0.3) is 0 Å². The van der Waals surface area contributed by atoms with Gasteiger partial charge in [-0.1, -0.05) is 6.92 Å². The van der Waals surface area contributed by atoms with Gasteiger partial charge in [-0.2, -0.15) is 0 Å². The molecule has 0 aromatic rings. The van der Waals surface area contributed by atoms with Gasteiger partial charge < -0.3 is 9.64 Å². The number of piperidine rings is 1. The first-order chi connectivity index (χ1) is 6.12. The van der Waals surface area contributed by atoms with Crippen LogP contribution in [0.2, 0.25) is 0 Å². The second-order valence-corrected chi connectivity index (χ2v) is 4.12. The van der Waals surface area contributed by atoms with Gasteiger partial charge in [-0.3, -0.25) is 0 Å². The number of halogens is 1. The minimum absolute atomic E-state index is 0.142. The van der Waals surface area contributed by atoms with Gasteiger partial charge >= 0.3 is 0 Å². The minimum Gasteiger partial charge on any atom is -0.384 e. The van der Waals surface area contributed by atoms with Crippen molar-refractivity contribution in [1.29, 1.82) is 0 Å². The molecule has 1 rings (SSSR count). The predicted octanol–water partition coefficient (Wildman–Crippen LogP) is 1.83. The molecule has 0 aromatic carbocycles. The molecule has 3 heteroatoms. The molecule has 1 unspecified atom stereocenters. The van der Waals surface area contributed by atoms with Crippen molar-refractivity contribution >= 4 is 0 Å². The Kier molecular flexibility index (Phi) is 3.45. The summed E-state index contributed by atoms with van der Waals surface area (Å²) >= 11 is 0. The monoisotopic (exact) mass is 187 g/mol. The van der Waals surface area contributed by atoms with Gasteiger partial charge in [0, 0.05) is 25.6 Å². The van der Waals surface area contributed by atoms with Gasteiger partial charge in [0.2, 0.25) is 0 Å². The van der Waals surface area contributed by atoms with Crippen molar-refractivity contribution in [2.24, 2.45) is 5.41 Å². The van der Waals surface area contributed by atoms with Crippen LogP contribution in [-0.4, -0.2) is 38.8 Å². The Labute approximate surface area is 79.4 Å². The number of nitrogens with zero attached hydrogens (tertiary/aromatic N) is 1. The smallest absolute Gasteiger partial charge is 0.0866 e. The first kappa shape index (κ1) is 10.7. The summed E-state index contributed by atoms with van der Waals surface area (Å²) in [6.07, 6.45) is 1.57. The number of rotatable bonds is 2. The third kappa shape index (κ3) is 2.29. The van der Waals surface area contributed by atoms with Crippen molar-refractivity contribution in [3.05, 3.63) is 11.9 Å². The van der Waals surface area contributed by atoms with Gasteiger partial charge in [0.25, 0.3) is 0 Å². The van der Waals surface area contributed by atoms with Crippen LogP contribution in [0.4, 0.5) is 4.39 Å². The molecule has 76 valence electrons. The lowest BCUT2D eigenvalue weighted by molar-refractivity contribution is 0.0696. The van der Waals surface area contributed by atoms with Gasteiger partial charge in [0.05, 0.1) is 12.9 Å². The lowest BCUT2D eigenvalue weighted by Crippen LogP contribution is -2.43. The van der Waals surface area contributed by atoms with E-state index in [0.717, 1.165) is 31.4 Å². The molecule has 1 saturated heterocycles. The molecule has 0 aliphatic carbocycles. The fraction of sp³-hybridized carbons (Fsp3) is 0.800. The highest BCUT2D eigenvalue weighted by atomic mass is 19.1. The summed E-state index contributed by atoms with van der Waals surface area (Å²) in [7, 11) is 3.72. The molecule has 0 bridgehead atoms. The Bertz CT molecular complexity index is 205. The van der Waals surface area contributed by atoms with Gasteiger partial charge in [-0.15, -0.1) is 0 Å². The molecule has 0 spiro atoms. The third-order valence-corrected chi connectivity index (χ3v) is 2.75. The normalized spacial score (nSPS) is 34.0. The number of methoxy groups -OCH3 is 1. The molecule has 1 heterocycles. The zero-order valence-corrected chi connectivity index (χ0v) is 8.64. The van der Waals surface area contributed by atoms with E-state index in [4.69, 9.17) is 4.74 Å². The first-order valence-electron chi connectivity index (χ1n) is 4.59. The van der Waals surface area contributed by atoms with E-state index in [0.29, 0.717) is 6.61 Å². The summed E-state index contributed by atoms with van der Waals surface area (Å²) in [5.41, 5.74) is 0.740. The molecule has 1 aliphatic rings. The molecular formula is C10H18FNO. The molecule has 13 heavy (non-hydrogen) atoms. The molecule has 0 radical (unpaired) electrons. The van der Waals surface area contributed by atoms with Crippen LogP contribution >= 0.6 is 0 Å². The Hall–Kier alpha value is -0.410. The number of likely N-dealkylation sites (tertiary alicyclic amines) is 1. The highest BCUT2D eigenvalue weighted by molar-refractivity contribution is 5.15. The van der Waals surface area contributed by atoms with Gasteiger partial charge in [-0.25, -0.2) is 4.39 Å². The minimum atomic E-state index is -0.142. The summed E-state index contributed by atoms with van der Waals surface area (Å²) < 4.78 is 17.7. The Morgan fingerprint density at radius 2 is 2.38 bits per heavy atom. The van der Waals surface area contributed by atoms with Crippen LogP contribution in [0, 0.1) is 5.41 Å². The van der Waals surface area contributed by atoms with Gasteiger partial charge in [0.15, 0.2) is 0 Å². The van der Waals surface area contributed by atoms with Crippen molar-refractivity contribution in [2.75, 3.05) is 33.9 Å². The standard InChI is InChI=1S/C10H18FNO/c1-10(8-13-3)7-12(2)5-4-9(10)6-11/h6H,4-5,7-8H2,1-3H3/b9-6+. The van der Waals surface area contributed by atoms with Crippen molar-refractivity contribution in [3.8, 4) is 0 Å². The summed E-state index contributed by atoms with van der Waals surface area (Å²) in [4.78, 5) is 2.21. The van der Waals surface area contributed by atoms with E-state index in [9.17, 15) is 4.39 Å². The average molecular weight is 187 g/mol. The summed E-state index contributed by atoms with van der Waals surface area (Å²) in [6, 6.07) is 0. The first-order valence-corrected chi connectivity index (χ1v) is 4.59. The summed E-state index contributed by atoms with van der Waals surface area (Å²) in [5, 5.41) is 0. The van der Waals surface area contributed by atoms with E-state index >= 15 is 0 Å². The van der Waals surface area contributed by atoms with Crippen LogP contribution < -0.4 is 0 Å². The maximum Gasteiger partial charge on any atom is 0.0866 e. The second kappa shape index (κ2) is 4.20. The third-order valence-electron chi connectivity index (χ3n) is 2.75. The molecular weight excluding hydrogens is 169 g/mol. The van der Waals surface area contributed by atoms with Crippen LogP contribution in [0.15, 0.2) is 11.9 Å². The fourth-order valence-corrected chi connectivity index (χ4v) is 2.03. The van der Waals surface area contributed by atoms with Crippen molar-refractivity contribution in [3.63, 3.8) is 0 Å². The van der Waals surface area contributed by atoms with E-state index in [2.05, 4.69) is 18.9 Å². The summed E-state index contributed by atoms with van der Waals surface area (Å²) in [6.45, 7) is 4.45. The number of ether oxygens (including phenoxy) is 1. The average Bonchev–Trinajstić information content (AvgIpc) is 2.04. The Balaban J connectivity index is 2.75. The van der Waals surface area contributed by atoms with Crippen LogP contribution in [0.1, 0.15) is 13.3 Å². The number of hydrogen-bond acceptors (Lipinski definition) is 2. The quantitative estimate of drug-likeness (QED) is 0.654. The summed E-state index contributed by atoms with van der Waals surface area (Å²) in [5.74, 6) is 0. The zero-order valence-electron chi connectivity index (χ0n) is 8.64. The van der Waals surface area contributed by atoms with Crippen molar-refractivity contribution < 1.29 is 9.13 Å². The molecule has 1 atom stereocenters. The Morgan fingerprint density at radius 1 is 1.69 bits per heavy atom. The Morgan fingerprint density at radius 3 is 2.92 bits per heavy atom. The molecule has 0 amide bonds. The lowest BCUT2D eigenvalue weighted by atomic mass is 9.78. The highest BCUT2D eigenvalue weighted by Gasteiger charge is 2.34. The lowest BCUT2D eigenvalue weighted by Gasteiger charge is -2.40. The predicted molar refractivity (Wildman–Crippen MR) is 51.3 cm³/mol. The molecule has 1 aliphatic heterocycles. The largest absolute Gasteiger partial charge is 0.384 e. The second-order valence-electron chi connectivity index (χ2n) is 4.12. The highest BCUT2D eigenvalue weighted by Crippen LogP contribution is 2.34. The zero-order chi connectivity index (χ0) is 9.90. The maximum absolute atomic E-state index is 12.6.